The second-order valence-electron chi connectivity index (χ2n) is 11.4. The lowest BCUT2D eigenvalue weighted by molar-refractivity contribution is 0.628. The van der Waals surface area contributed by atoms with E-state index in [4.69, 9.17) is 8.83 Å². The number of furan rings is 2. The summed E-state index contributed by atoms with van der Waals surface area (Å²) in [6.07, 6.45) is 0. The number of benzene rings is 7. The van der Waals surface area contributed by atoms with Gasteiger partial charge >= 0.3 is 0 Å². The first-order valence-electron chi connectivity index (χ1n) is 15.2. The van der Waals surface area contributed by atoms with Crippen LogP contribution in [0.2, 0.25) is 0 Å². The molecule has 9 aromatic rings. The second-order valence-corrected chi connectivity index (χ2v) is 11.4. The molecule has 9 rings (SSSR count). The van der Waals surface area contributed by atoms with Crippen LogP contribution in [0.25, 0.3) is 66.1 Å². The molecule has 0 saturated carbocycles. The molecule has 0 spiro atoms. The standard InChI is InChI=1S/C42H27NO2/c1-3-11-28(12-4-1)30-19-22-33(23-20-30)43(34-24-21-29-13-7-8-16-32(29)25-34)42-36-26-38(31-14-5-2-6-15-31)45-39(36)27-40-41(42)35-17-9-10-18-37(35)44-40/h1-27H. The highest BCUT2D eigenvalue weighted by atomic mass is 16.3. The molecule has 0 N–H and O–H groups in total. The Hall–Kier alpha value is -6.06. The molecule has 0 unspecified atom stereocenters. The van der Waals surface area contributed by atoms with Gasteiger partial charge in [0.15, 0.2) is 0 Å². The fraction of sp³-hybridized carbons (Fsp3) is 0. The van der Waals surface area contributed by atoms with Crippen LogP contribution in [0.4, 0.5) is 17.1 Å². The van der Waals surface area contributed by atoms with Crippen LogP contribution in [0.3, 0.4) is 0 Å². The molecule has 7 aromatic carbocycles. The quantitative estimate of drug-likeness (QED) is 0.204. The molecule has 0 aliphatic heterocycles. The molecule has 0 radical (unpaired) electrons. The van der Waals surface area contributed by atoms with Crippen LogP contribution in [0.1, 0.15) is 0 Å². The molecule has 45 heavy (non-hydrogen) atoms. The van der Waals surface area contributed by atoms with Crippen LogP contribution in [-0.2, 0) is 0 Å². The van der Waals surface area contributed by atoms with Crippen molar-refractivity contribution in [3.63, 3.8) is 0 Å². The zero-order valence-corrected chi connectivity index (χ0v) is 24.4. The first kappa shape index (κ1) is 25.4. The van der Waals surface area contributed by atoms with Crippen molar-refractivity contribution in [2.75, 3.05) is 4.90 Å². The number of anilines is 3. The first-order valence-corrected chi connectivity index (χ1v) is 15.2. The molecule has 0 aliphatic rings. The Morgan fingerprint density at radius 3 is 1.82 bits per heavy atom. The van der Waals surface area contributed by atoms with Gasteiger partial charge in [0.1, 0.15) is 22.5 Å². The molecule has 2 aromatic heterocycles. The Labute approximate surface area is 260 Å². The van der Waals surface area contributed by atoms with Gasteiger partial charge in [-0.1, -0.05) is 121 Å². The van der Waals surface area contributed by atoms with Gasteiger partial charge < -0.3 is 13.7 Å². The van der Waals surface area contributed by atoms with Crippen LogP contribution in [0.15, 0.2) is 173 Å². The van der Waals surface area contributed by atoms with Crippen molar-refractivity contribution in [1.82, 2.24) is 0 Å². The monoisotopic (exact) mass is 577 g/mol. The van der Waals surface area contributed by atoms with Crippen molar-refractivity contribution < 1.29 is 8.83 Å². The smallest absolute Gasteiger partial charge is 0.141 e. The van der Waals surface area contributed by atoms with Gasteiger partial charge in [-0.15, -0.1) is 0 Å². The molecule has 0 aliphatic carbocycles. The van der Waals surface area contributed by atoms with Gasteiger partial charge in [0, 0.05) is 33.8 Å². The van der Waals surface area contributed by atoms with Crippen molar-refractivity contribution in [3.8, 4) is 22.5 Å². The normalized spacial score (nSPS) is 11.6. The number of rotatable bonds is 5. The molecular formula is C42H27NO2. The predicted molar refractivity (Wildman–Crippen MR) is 187 cm³/mol. The zero-order chi connectivity index (χ0) is 29.7. The third-order valence-electron chi connectivity index (χ3n) is 8.64. The summed E-state index contributed by atoms with van der Waals surface area (Å²) in [5.41, 5.74) is 8.95. The minimum Gasteiger partial charge on any atom is -0.456 e. The van der Waals surface area contributed by atoms with Crippen LogP contribution in [-0.4, -0.2) is 0 Å². The minimum absolute atomic E-state index is 0.780. The average Bonchev–Trinajstić information content (AvgIpc) is 3.71. The lowest BCUT2D eigenvalue weighted by atomic mass is 10.0. The van der Waals surface area contributed by atoms with Gasteiger partial charge in [0.2, 0.25) is 0 Å². The van der Waals surface area contributed by atoms with Crippen molar-refractivity contribution in [2.24, 2.45) is 0 Å². The van der Waals surface area contributed by atoms with Gasteiger partial charge in [-0.2, -0.15) is 0 Å². The highest BCUT2D eigenvalue weighted by Gasteiger charge is 2.25. The van der Waals surface area contributed by atoms with E-state index in [1.807, 2.05) is 36.4 Å². The average molecular weight is 578 g/mol. The summed E-state index contributed by atoms with van der Waals surface area (Å²) in [4.78, 5) is 2.36. The largest absolute Gasteiger partial charge is 0.456 e. The fourth-order valence-corrected chi connectivity index (χ4v) is 6.49. The van der Waals surface area contributed by atoms with Crippen molar-refractivity contribution in [3.05, 3.63) is 164 Å². The van der Waals surface area contributed by atoms with E-state index in [0.29, 0.717) is 0 Å². The van der Waals surface area contributed by atoms with E-state index in [2.05, 4.69) is 132 Å². The molecule has 212 valence electrons. The topological polar surface area (TPSA) is 29.5 Å². The Balaban J connectivity index is 1.37. The molecule has 0 amide bonds. The summed E-state index contributed by atoms with van der Waals surface area (Å²) in [6, 6.07) is 57.3. The Kier molecular flexibility index (Phi) is 5.82. The summed E-state index contributed by atoms with van der Waals surface area (Å²) < 4.78 is 13.1. The molecule has 0 fully saturated rings. The van der Waals surface area contributed by atoms with Gasteiger partial charge in [-0.05, 0) is 58.3 Å². The number of hydrogen-bond donors (Lipinski definition) is 0. The van der Waals surface area contributed by atoms with E-state index >= 15 is 0 Å². The van der Waals surface area contributed by atoms with E-state index in [1.54, 1.807) is 0 Å². The molecule has 0 bridgehead atoms. The summed E-state index contributed by atoms with van der Waals surface area (Å²) in [7, 11) is 0. The van der Waals surface area contributed by atoms with E-state index in [9.17, 15) is 0 Å². The number of fused-ring (bicyclic) bond motifs is 5. The van der Waals surface area contributed by atoms with Crippen molar-refractivity contribution in [2.45, 2.75) is 0 Å². The first-order chi connectivity index (χ1) is 22.3. The Morgan fingerprint density at radius 1 is 0.378 bits per heavy atom. The molecule has 2 heterocycles. The molecule has 0 atom stereocenters. The summed E-state index contributed by atoms with van der Waals surface area (Å²) in [5.74, 6) is 0.821. The molecule has 3 heteroatoms. The van der Waals surface area contributed by atoms with E-state index in [1.165, 1.54) is 21.9 Å². The maximum atomic E-state index is 6.58. The third kappa shape index (κ3) is 4.29. The van der Waals surface area contributed by atoms with Crippen LogP contribution in [0.5, 0.6) is 0 Å². The molecular weight excluding hydrogens is 550 g/mol. The van der Waals surface area contributed by atoms with E-state index < -0.39 is 0 Å². The lowest BCUT2D eigenvalue weighted by Crippen LogP contribution is -2.10. The Morgan fingerprint density at radius 2 is 1.02 bits per heavy atom. The maximum Gasteiger partial charge on any atom is 0.141 e. The van der Waals surface area contributed by atoms with Crippen LogP contribution in [0, 0.1) is 0 Å². The predicted octanol–water partition coefficient (Wildman–Crippen LogP) is 12.3. The van der Waals surface area contributed by atoms with Crippen molar-refractivity contribution >= 4 is 60.7 Å². The second kappa shape index (κ2) is 10.3. The van der Waals surface area contributed by atoms with Crippen molar-refractivity contribution in [1.29, 1.82) is 0 Å². The number of nitrogens with zero attached hydrogens (tertiary/aromatic N) is 1. The maximum absolute atomic E-state index is 6.58. The lowest BCUT2D eigenvalue weighted by Gasteiger charge is -2.27. The molecule has 0 saturated heterocycles. The third-order valence-corrected chi connectivity index (χ3v) is 8.64. The minimum atomic E-state index is 0.780. The van der Waals surface area contributed by atoms with Gasteiger partial charge in [-0.3, -0.25) is 0 Å². The van der Waals surface area contributed by atoms with Gasteiger partial charge in [0.25, 0.3) is 0 Å². The van der Waals surface area contributed by atoms with Crippen LogP contribution < -0.4 is 4.90 Å². The fourth-order valence-electron chi connectivity index (χ4n) is 6.49. The number of para-hydroxylation sites is 1. The van der Waals surface area contributed by atoms with E-state index in [0.717, 1.165) is 61.3 Å². The summed E-state index contributed by atoms with van der Waals surface area (Å²) in [5, 5.41) is 5.52. The van der Waals surface area contributed by atoms with Gasteiger partial charge in [0.05, 0.1) is 11.1 Å². The summed E-state index contributed by atoms with van der Waals surface area (Å²) in [6.45, 7) is 0. The Bertz CT molecular complexity index is 2470. The van der Waals surface area contributed by atoms with E-state index in [-0.39, 0.29) is 0 Å². The SMILES string of the molecule is c1ccc(-c2ccc(N(c3ccc4ccccc4c3)c3c4cc(-c5ccccc5)oc4cc4oc5ccccc5c34)cc2)cc1. The zero-order valence-electron chi connectivity index (χ0n) is 24.4. The van der Waals surface area contributed by atoms with Gasteiger partial charge in [-0.25, -0.2) is 0 Å². The number of hydrogen-bond acceptors (Lipinski definition) is 3. The van der Waals surface area contributed by atoms with Crippen LogP contribution >= 0.6 is 0 Å². The highest BCUT2D eigenvalue weighted by molar-refractivity contribution is 6.21. The highest BCUT2D eigenvalue weighted by Crippen LogP contribution is 2.49. The summed E-state index contributed by atoms with van der Waals surface area (Å²) >= 11 is 0. The molecule has 3 nitrogen and oxygen atoms in total.